The fraction of sp³-hybridized carbons (Fsp3) is 0.0952. The first-order chi connectivity index (χ1) is 14.9. The van der Waals surface area contributed by atoms with Crippen molar-refractivity contribution >= 4 is 41.0 Å². The fourth-order valence-electron chi connectivity index (χ4n) is 2.61. The SMILES string of the molecule is COC(=O)/C=C1/S/C(=N\N=Cc2cccc(-c3cccc(C(=O)OC)c3)c2O)NC1=O. The maximum Gasteiger partial charge on any atom is 0.337 e. The quantitative estimate of drug-likeness (QED) is 0.317. The molecular formula is C21H17N3O6S. The lowest BCUT2D eigenvalue weighted by molar-refractivity contribution is -0.135. The highest BCUT2D eigenvalue weighted by atomic mass is 32.2. The summed E-state index contributed by atoms with van der Waals surface area (Å²) < 4.78 is 9.22. The van der Waals surface area contributed by atoms with Gasteiger partial charge in [0.05, 0.1) is 30.9 Å². The maximum absolute atomic E-state index is 11.8. The number of nitrogens with zero attached hydrogens (tertiary/aromatic N) is 2. The minimum Gasteiger partial charge on any atom is -0.507 e. The second-order valence-corrected chi connectivity index (χ2v) is 7.08. The molecule has 0 spiro atoms. The molecule has 1 fully saturated rings. The van der Waals surface area contributed by atoms with Crippen LogP contribution in [0.2, 0.25) is 0 Å². The lowest BCUT2D eigenvalue weighted by Gasteiger charge is -2.08. The lowest BCUT2D eigenvalue weighted by Crippen LogP contribution is -2.19. The molecule has 0 aromatic heterocycles. The predicted octanol–water partition coefficient (Wildman–Crippen LogP) is 2.46. The zero-order valence-electron chi connectivity index (χ0n) is 16.5. The zero-order chi connectivity index (χ0) is 22.4. The van der Waals surface area contributed by atoms with Gasteiger partial charge in [0.1, 0.15) is 5.75 Å². The van der Waals surface area contributed by atoms with Crippen molar-refractivity contribution in [3.63, 3.8) is 0 Å². The van der Waals surface area contributed by atoms with Crippen molar-refractivity contribution in [1.82, 2.24) is 5.32 Å². The van der Waals surface area contributed by atoms with Gasteiger partial charge >= 0.3 is 11.9 Å². The van der Waals surface area contributed by atoms with E-state index in [1.54, 1.807) is 42.5 Å². The van der Waals surface area contributed by atoms with Gasteiger partial charge in [-0.25, -0.2) is 9.59 Å². The van der Waals surface area contributed by atoms with Crippen LogP contribution in [-0.2, 0) is 19.1 Å². The Kier molecular flexibility index (Phi) is 6.83. The highest BCUT2D eigenvalue weighted by molar-refractivity contribution is 8.18. The van der Waals surface area contributed by atoms with Crippen molar-refractivity contribution in [2.75, 3.05) is 14.2 Å². The normalized spacial score (nSPS) is 16.0. The second-order valence-electron chi connectivity index (χ2n) is 6.05. The number of amidine groups is 1. The number of carbonyl (C=O) groups excluding carboxylic acids is 3. The molecule has 3 rings (SSSR count). The molecule has 0 atom stereocenters. The van der Waals surface area contributed by atoms with Gasteiger partial charge in [-0.15, -0.1) is 5.10 Å². The van der Waals surface area contributed by atoms with Crippen molar-refractivity contribution in [2.45, 2.75) is 0 Å². The Morgan fingerprint density at radius 3 is 2.65 bits per heavy atom. The van der Waals surface area contributed by atoms with Crippen molar-refractivity contribution in [2.24, 2.45) is 10.2 Å². The number of nitrogens with one attached hydrogen (secondary N) is 1. The van der Waals surface area contributed by atoms with Crippen LogP contribution in [0.25, 0.3) is 11.1 Å². The molecule has 2 aromatic carbocycles. The number of phenolic OH excluding ortho intramolecular Hbond substituents is 1. The molecule has 1 amide bonds. The summed E-state index contributed by atoms with van der Waals surface area (Å²) in [4.78, 5) is 35.0. The number of rotatable bonds is 5. The van der Waals surface area contributed by atoms with E-state index in [1.165, 1.54) is 20.4 Å². The Morgan fingerprint density at radius 1 is 1.13 bits per heavy atom. The predicted molar refractivity (Wildman–Crippen MR) is 116 cm³/mol. The van der Waals surface area contributed by atoms with Crippen LogP contribution < -0.4 is 5.32 Å². The average Bonchev–Trinajstić information content (AvgIpc) is 3.13. The van der Waals surface area contributed by atoms with Gasteiger partial charge < -0.3 is 14.6 Å². The van der Waals surface area contributed by atoms with E-state index in [9.17, 15) is 19.5 Å². The summed E-state index contributed by atoms with van der Waals surface area (Å²) in [5, 5.41) is 21.1. The number of phenols is 1. The van der Waals surface area contributed by atoms with Crippen molar-refractivity contribution < 1.29 is 29.0 Å². The highest BCUT2D eigenvalue weighted by Gasteiger charge is 2.25. The van der Waals surface area contributed by atoms with Crippen LogP contribution >= 0.6 is 11.8 Å². The average molecular weight is 439 g/mol. The van der Waals surface area contributed by atoms with E-state index >= 15 is 0 Å². The molecule has 10 heteroatoms. The van der Waals surface area contributed by atoms with Crippen LogP contribution in [-0.4, -0.2) is 48.6 Å². The molecule has 0 saturated carbocycles. The number of benzene rings is 2. The molecule has 158 valence electrons. The number of thioether (sulfide) groups is 1. The number of ether oxygens (including phenoxy) is 2. The first-order valence-corrected chi connectivity index (χ1v) is 9.65. The van der Waals surface area contributed by atoms with Crippen LogP contribution in [0, 0.1) is 0 Å². The van der Waals surface area contributed by atoms with E-state index in [0.717, 1.165) is 17.8 Å². The maximum atomic E-state index is 11.8. The molecule has 0 radical (unpaired) electrons. The molecule has 1 saturated heterocycles. The third kappa shape index (κ3) is 5.17. The van der Waals surface area contributed by atoms with Crippen LogP contribution in [0.15, 0.2) is 63.6 Å². The van der Waals surface area contributed by atoms with Crippen LogP contribution in [0.5, 0.6) is 5.75 Å². The molecule has 31 heavy (non-hydrogen) atoms. The standard InChI is InChI=1S/C21H17N3O6S/c1-29-17(25)10-16-19(27)23-21(31-16)24-22-11-14-7-4-8-15(18(14)26)12-5-3-6-13(9-12)20(28)30-2/h3-11,26H,1-2H3,(H,23,24,27)/b16-10+,22-11?. The molecule has 2 aromatic rings. The molecule has 1 aliphatic rings. The van der Waals surface area contributed by atoms with Crippen molar-refractivity contribution in [3.8, 4) is 16.9 Å². The van der Waals surface area contributed by atoms with Gasteiger partial charge in [0.25, 0.3) is 5.91 Å². The van der Waals surface area contributed by atoms with E-state index in [0.29, 0.717) is 22.3 Å². The highest BCUT2D eigenvalue weighted by Crippen LogP contribution is 2.32. The summed E-state index contributed by atoms with van der Waals surface area (Å²) in [5.41, 5.74) is 1.85. The summed E-state index contributed by atoms with van der Waals surface area (Å²) >= 11 is 0.938. The van der Waals surface area contributed by atoms with Crippen LogP contribution in [0.1, 0.15) is 15.9 Å². The zero-order valence-corrected chi connectivity index (χ0v) is 17.3. The number of amides is 1. The van der Waals surface area contributed by atoms with E-state index in [1.807, 2.05) is 0 Å². The molecule has 1 aliphatic heterocycles. The number of esters is 2. The van der Waals surface area contributed by atoms with Crippen molar-refractivity contribution in [1.29, 1.82) is 0 Å². The molecule has 0 aliphatic carbocycles. The van der Waals surface area contributed by atoms with E-state index < -0.39 is 17.8 Å². The third-order valence-electron chi connectivity index (χ3n) is 4.11. The first-order valence-electron chi connectivity index (χ1n) is 8.83. The van der Waals surface area contributed by atoms with Crippen LogP contribution in [0.4, 0.5) is 0 Å². The summed E-state index contributed by atoms with van der Waals surface area (Å²) in [5.74, 6) is -1.67. The number of hydrogen-bond acceptors (Lipinski definition) is 9. The van der Waals surface area contributed by atoms with E-state index in [-0.39, 0.29) is 15.8 Å². The Bertz CT molecular complexity index is 1140. The lowest BCUT2D eigenvalue weighted by atomic mass is 10.00. The number of carbonyl (C=O) groups is 3. The number of methoxy groups -OCH3 is 2. The number of aromatic hydroxyl groups is 1. The topological polar surface area (TPSA) is 127 Å². The molecule has 1 heterocycles. The molecule has 9 nitrogen and oxygen atoms in total. The largest absolute Gasteiger partial charge is 0.507 e. The van der Waals surface area contributed by atoms with Gasteiger partial charge in [-0.2, -0.15) is 5.10 Å². The third-order valence-corrected chi connectivity index (χ3v) is 5.01. The van der Waals surface area contributed by atoms with Crippen LogP contribution in [0.3, 0.4) is 0 Å². The smallest absolute Gasteiger partial charge is 0.337 e. The number of hydrogen-bond donors (Lipinski definition) is 2. The monoisotopic (exact) mass is 439 g/mol. The second kappa shape index (κ2) is 9.72. The van der Waals surface area contributed by atoms with E-state index in [2.05, 4.69) is 20.3 Å². The van der Waals surface area contributed by atoms with Crippen molar-refractivity contribution in [3.05, 3.63) is 64.6 Å². The molecule has 0 unspecified atom stereocenters. The van der Waals surface area contributed by atoms with Gasteiger partial charge in [-0.3, -0.25) is 10.1 Å². The molecule has 2 N–H and O–H groups in total. The summed E-state index contributed by atoms with van der Waals surface area (Å²) in [6.07, 6.45) is 2.38. The summed E-state index contributed by atoms with van der Waals surface area (Å²) in [6.45, 7) is 0. The minimum atomic E-state index is -0.652. The summed E-state index contributed by atoms with van der Waals surface area (Å²) in [6, 6.07) is 11.7. The fourth-order valence-corrected chi connectivity index (χ4v) is 3.35. The van der Waals surface area contributed by atoms with E-state index in [4.69, 9.17) is 4.74 Å². The van der Waals surface area contributed by atoms with Gasteiger partial charge in [-0.1, -0.05) is 24.3 Å². The Hall–Kier alpha value is -3.92. The first kappa shape index (κ1) is 21.8. The molecule has 0 bridgehead atoms. The van der Waals surface area contributed by atoms with Gasteiger partial charge in [0.2, 0.25) is 0 Å². The van der Waals surface area contributed by atoms with Gasteiger partial charge in [-0.05, 0) is 35.5 Å². The minimum absolute atomic E-state index is 0.0529. The Labute approximate surface area is 181 Å². The Balaban J connectivity index is 1.81. The van der Waals surface area contributed by atoms with Gasteiger partial charge in [0.15, 0.2) is 5.17 Å². The number of para-hydroxylation sites is 1. The van der Waals surface area contributed by atoms with Gasteiger partial charge in [0, 0.05) is 17.2 Å². The Morgan fingerprint density at radius 2 is 1.90 bits per heavy atom. The molecular weight excluding hydrogens is 422 g/mol. The summed E-state index contributed by atoms with van der Waals surface area (Å²) in [7, 11) is 2.51.